The van der Waals surface area contributed by atoms with Gasteiger partial charge in [0.15, 0.2) is 6.23 Å². The summed E-state index contributed by atoms with van der Waals surface area (Å²) < 4.78 is 19.1. The van der Waals surface area contributed by atoms with E-state index in [1.165, 1.54) is 26.1 Å². The molecule has 6 unspecified atom stereocenters. The molecule has 6 atom stereocenters. The van der Waals surface area contributed by atoms with Gasteiger partial charge in [-0.2, -0.15) is 4.98 Å². The minimum absolute atomic E-state index is 0.0104. The van der Waals surface area contributed by atoms with Crippen molar-refractivity contribution in [3.8, 4) is 5.75 Å². The van der Waals surface area contributed by atoms with Crippen LogP contribution in [0.3, 0.4) is 0 Å². The monoisotopic (exact) mass is 548 g/mol. The third-order valence-electron chi connectivity index (χ3n) is 6.20. The van der Waals surface area contributed by atoms with Crippen molar-refractivity contribution in [1.29, 1.82) is 0 Å². The fourth-order valence-corrected chi connectivity index (χ4v) is 6.47. The number of aliphatic hydroxyl groups is 2. The molecule has 0 amide bonds. The van der Waals surface area contributed by atoms with Crippen molar-refractivity contribution in [1.82, 2.24) is 14.6 Å². The van der Waals surface area contributed by atoms with Gasteiger partial charge in [-0.05, 0) is 50.1 Å². The van der Waals surface area contributed by atoms with E-state index >= 15 is 0 Å². The summed E-state index contributed by atoms with van der Waals surface area (Å²) in [4.78, 5) is 28.0. The molecule has 13 heteroatoms. The van der Waals surface area contributed by atoms with Crippen LogP contribution in [0.15, 0.2) is 59.5 Å². The SMILES string of the molecule is CC(=O)C(C)NP(=S)(OCC1OC(n2ccc(N)nc2=O)C(C)(O)C1O)Oc1cccc2ccccc12. The first-order valence-corrected chi connectivity index (χ1v) is 14.2. The number of carbonyl (C=O) groups excluding carboxylic acids is 1. The molecular formula is C24H29N4O7PS. The molecule has 1 aliphatic rings. The van der Waals surface area contributed by atoms with Crippen LogP contribution in [0.4, 0.5) is 5.82 Å². The lowest BCUT2D eigenvalue weighted by Crippen LogP contribution is -2.46. The number of aromatic nitrogens is 2. The van der Waals surface area contributed by atoms with Gasteiger partial charge in [0.2, 0.25) is 0 Å². The van der Waals surface area contributed by atoms with Crippen molar-refractivity contribution in [2.75, 3.05) is 12.3 Å². The second-order valence-electron chi connectivity index (χ2n) is 9.06. The lowest BCUT2D eigenvalue weighted by atomic mass is 9.96. The lowest BCUT2D eigenvalue weighted by Gasteiger charge is -2.28. The fourth-order valence-electron chi connectivity index (χ4n) is 3.98. The Morgan fingerprint density at radius 2 is 2.03 bits per heavy atom. The maximum Gasteiger partial charge on any atom is 0.351 e. The van der Waals surface area contributed by atoms with Gasteiger partial charge in [-0.3, -0.25) is 9.36 Å². The number of nitrogens with two attached hydrogens (primary N) is 1. The molecule has 5 N–H and O–H groups in total. The largest absolute Gasteiger partial charge is 0.432 e. The topological polar surface area (TPSA) is 158 Å². The Morgan fingerprint density at radius 1 is 1.32 bits per heavy atom. The Hall–Kier alpha value is -2.70. The first kappa shape index (κ1) is 27.3. The molecule has 1 saturated heterocycles. The fraction of sp³-hybridized carbons (Fsp3) is 0.375. The zero-order valence-corrected chi connectivity index (χ0v) is 22.2. The van der Waals surface area contributed by atoms with E-state index in [-0.39, 0.29) is 18.2 Å². The summed E-state index contributed by atoms with van der Waals surface area (Å²) >= 11 is 5.76. The van der Waals surface area contributed by atoms with Crippen molar-refractivity contribution < 1.29 is 28.8 Å². The average Bonchev–Trinajstić information content (AvgIpc) is 3.06. The number of Topliss-reactive ketones (excluding diaryl/α,β-unsaturated/α-hetero) is 1. The number of carbonyl (C=O) groups is 1. The number of ketones is 1. The number of aliphatic hydroxyl groups excluding tert-OH is 1. The van der Waals surface area contributed by atoms with Crippen LogP contribution in [0.1, 0.15) is 27.0 Å². The van der Waals surface area contributed by atoms with Gasteiger partial charge in [0.25, 0.3) is 0 Å². The van der Waals surface area contributed by atoms with Gasteiger partial charge in [0, 0.05) is 11.6 Å². The van der Waals surface area contributed by atoms with Gasteiger partial charge >= 0.3 is 12.3 Å². The zero-order valence-electron chi connectivity index (χ0n) is 20.5. The van der Waals surface area contributed by atoms with Crippen LogP contribution in [0.2, 0.25) is 0 Å². The average molecular weight is 549 g/mol. The molecule has 0 bridgehead atoms. The van der Waals surface area contributed by atoms with E-state index in [2.05, 4.69) is 10.1 Å². The molecule has 0 radical (unpaired) electrons. The van der Waals surface area contributed by atoms with Crippen LogP contribution in [0, 0.1) is 0 Å². The van der Waals surface area contributed by atoms with E-state index in [1.807, 2.05) is 36.4 Å². The normalized spacial score (nSPS) is 26.0. The number of hydrogen-bond donors (Lipinski definition) is 4. The van der Waals surface area contributed by atoms with Crippen molar-refractivity contribution >= 4 is 40.8 Å². The van der Waals surface area contributed by atoms with Crippen LogP contribution in [0.25, 0.3) is 10.8 Å². The van der Waals surface area contributed by atoms with E-state index in [0.717, 1.165) is 15.3 Å². The molecule has 11 nitrogen and oxygen atoms in total. The number of anilines is 1. The number of rotatable bonds is 9. The minimum atomic E-state index is -3.39. The summed E-state index contributed by atoms with van der Waals surface area (Å²) in [6.45, 7) is 0.701. The van der Waals surface area contributed by atoms with E-state index in [4.69, 9.17) is 31.3 Å². The molecule has 1 fully saturated rings. The highest BCUT2D eigenvalue weighted by molar-refractivity contribution is 8.09. The number of fused-ring (bicyclic) bond motifs is 1. The standard InChI is InChI=1S/C24H29N4O7PS/c1-14(15(2)29)27-36(37,35-18-10-6-8-16-7-4-5-9-17(16)18)33-13-19-21(30)24(3,32)22(34-19)28-12-11-20(25)26-23(28)31/h4-12,14,19,21-22,30,32H,13H2,1-3H3,(H,27,37)(H2,25,26,31). The number of nitrogens with zero attached hydrogens (tertiary/aromatic N) is 2. The number of ether oxygens (including phenoxy) is 1. The van der Waals surface area contributed by atoms with Gasteiger partial charge in [-0.15, -0.1) is 0 Å². The summed E-state index contributed by atoms with van der Waals surface area (Å²) in [7, 11) is 0. The predicted octanol–water partition coefficient (Wildman–Crippen LogP) is 1.88. The predicted molar refractivity (Wildman–Crippen MR) is 142 cm³/mol. The molecule has 2 heterocycles. The molecule has 1 aliphatic heterocycles. The smallest absolute Gasteiger partial charge is 0.351 e. The Labute approximate surface area is 218 Å². The highest BCUT2D eigenvalue weighted by atomic mass is 32.5. The molecule has 3 aromatic rings. The molecular weight excluding hydrogens is 519 g/mol. The highest BCUT2D eigenvalue weighted by Gasteiger charge is 2.54. The van der Waals surface area contributed by atoms with Gasteiger partial charge < -0.3 is 29.7 Å². The molecule has 0 saturated carbocycles. The third-order valence-corrected chi connectivity index (χ3v) is 8.68. The highest BCUT2D eigenvalue weighted by Crippen LogP contribution is 2.48. The Balaban J connectivity index is 1.59. The Bertz CT molecular complexity index is 1410. The first-order chi connectivity index (χ1) is 17.4. The maximum atomic E-state index is 12.3. The molecule has 37 heavy (non-hydrogen) atoms. The van der Waals surface area contributed by atoms with Crippen LogP contribution < -0.4 is 21.0 Å². The third kappa shape index (κ3) is 5.75. The zero-order chi connectivity index (χ0) is 27.0. The van der Waals surface area contributed by atoms with Gasteiger partial charge in [0.1, 0.15) is 35.2 Å². The maximum absolute atomic E-state index is 12.3. The Morgan fingerprint density at radius 3 is 2.73 bits per heavy atom. The summed E-state index contributed by atoms with van der Waals surface area (Å²) in [5.74, 6) is 0.299. The molecule has 0 spiro atoms. The summed E-state index contributed by atoms with van der Waals surface area (Å²) in [5.41, 5.74) is 2.94. The van der Waals surface area contributed by atoms with Gasteiger partial charge in [-0.1, -0.05) is 36.4 Å². The second kappa shape index (κ2) is 10.6. The number of benzene rings is 2. The van der Waals surface area contributed by atoms with Gasteiger partial charge in [0.05, 0.1) is 12.6 Å². The van der Waals surface area contributed by atoms with Crippen LogP contribution in [-0.2, 0) is 25.9 Å². The Kier molecular flexibility index (Phi) is 7.82. The second-order valence-corrected chi connectivity index (χ2v) is 12.2. The molecule has 198 valence electrons. The van der Waals surface area contributed by atoms with E-state index in [9.17, 15) is 19.8 Å². The number of hydrogen-bond acceptors (Lipinski definition) is 10. The first-order valence-electron chi connectivity index (χ1n) is 11.5. The lowest BCUT2D eigenvalue weighted by molar-refractivity contribution is -0.118. The van der Waals surface area contributed by atoms with E-state index < -0.39 is 42.4 Å². The van der Waals surface area contributed by atoms with Crippen molar-refractivity contribution in [2.45, 2.75) is 50.8 Å². The molecule has 2 aromatic carbocycles. The summed E-state index contributed by atoms with van der Waals surface area (Å²) in [6.07, 6.45) is -2.48. The van der Waals surface area contributed by atoms with Gasteiger partial charge in [-0.25, -0.2) is 9.88 Å². The van der Waals surface area contributed by atoms with Crippen LogP contribution in [0.5, 0.6) is 5.75 Å². The number of nitrogen functional groups attached to an aromatic ring is 1. The van der Waals surface area contributed by atoms with Crippen molar-refractivity contribution in [3.05, 3.63) is 65.2 Å². The van der Waals surface area contributed by atoms with Crippen LogP contribution in [-0.4, -0.2) is 56.0 Å². The molecule has 4 rings (SSSR count). The summed E-state index contributed by atoms with van der Waals surface area (Å²) in [6, 6.07) is 13.8. The quantitative estimate of drug-likeness (QED) is 0.289. The van der Waals surface area contributed by atoms with E-state index in [1.54, 1.807) is 13.0 Å². The minimum Gasteiger partial charge on any atom is -0.432 e. The van der Waals surface area contributed by atoms with E-state index in [0.29, 0.717) is 5.75 Å². The van der Waals surface area contributed by atoms with Crippen molar-refractivity contribution in [3.63, 3.8) is 0 Å². The van der Waals surface area contributed by atoms with Crippen LogP contribution >= 0.6 is 6.64 Å². The molecule has 1 aromatic heterocycles. The molecule has 0 aliphatic carbocycles. The van der Waals surface area contributed by atoms with Crippen molar-refractivity contribution in [2.24, 2.45) is 0 Å². The number of nitrogens with one attached hydrogen (secondary N) is 1. The summed E-state index contributed by atoms with van der Waals surface area (Å²) in [5, 5.41) is 26.5.